The van der Waals surface area contributed by atoms with Crippen molar-refractivity contribution in [3.8, 4) is 11.5 Å². The molecule has 2 saturated heterocycles. The number of imide groups is 1. The quantitative estimate of drug-likeness (QED) is 0.180. The molecule has 12 heteroatoms. The van der Waals surface area contributed by atoms with E-state index in [-0.39, 0.29) is 29.7 Å². The summed E-state index contributed by atoms with van der Waals surface area (Å²) < 4.78 is 11.6. The van der Waals surface area contributed by atoms with Crippen molar-refractivity contribution < 1.29 is 28.8 Å². The molecule has 3 amide bonds. The molecule has 2 fully saturated rings. The number of nitrogens with zero attached hydrogens (tertiary/aromatic N) is 4. The number of carbonyl (C=O) groups is 3. The first-order valence-corrected chi connectivity index (χ1v) is 14.6. The summed E-state index contributed by atoms with van der Waals surface area (Å²) >= 11 is 0.782. The minimum absolute atomic E-state index is 0.0369. The first kappa shape index (κ1) is 29.6. The number of hydrogen-bond donors (Lipinski definition) is 0. The highest BCUT2D eigenvalue weighted by molar-refractivity contribution is 8.18. The van der Waals surface area contributed by atoms with Gasteiger partial charge in [0, 0.05) is 37.9 Å². The summed E-state index contributed by atoms with van der Waals surface area (Å²) in [5, 5.41) is 10.8. The third-order valence-corrected chi connectivity index (χ3v) is 7.96. The van der Waals surface area contributed by atoms with Gasteiger partial charge in [0.05, 0.1) is 22.0 Å². The molecule has 0 aliphatic carbocycles. The van der Waals surface area contributed by atoms with Crippen molar-refractivity contribution in [3.05, 3.63) is 98.9 Å². The van der Waals surface area contributed by atoms with Gasteiger partial charge < -0.3 is 19.3 Å². The number of para-hydroxylation sites is 2. The van der Waals surface area contributed by atoms with Crippen molar-refractivity contribution in [2.24, 2.45) is 0 Å². The molecule has 5 rings (SSSR count). The van der Waals surface area contributed by atoms with Crippen LogP contribution in [0.4, 0.5) is 16.2 Å². The molecule has 0 bridgehead atoms. The van der Waals surface area contributed by atoms with Crippen molar-refractivity contribution >= 4 is 46.3 Å². The number of nitro benzene ring substituents is 1. The smallest absolute Gasteiger partial charge is 0.294 e. The van der Waals surface area contributed by atoms with Gasteiger partial charge in [-0.05, 0) is 60.7 Å². The Labute approximate surface area is 252 Å². The van der Waals surface area contributed by atoms with E-state index in [4.69, 9.17) is 9.47 Å². The van der Waals surface area contributed by atoms with E-state index in [1.807, 2.05) is 37.3 Å². The third-order valence-electron chi connectivity index (χ3n) is 7.06. The molecule has 0 saturated carbocycles. The van der Waals surface area contributed by atoms with Gasteiger partial charge in [-0.25, -0.2) is 0 Å². The molecule has 2 heterocycles. The Hall–Kier alpha value is -4.84. The molecule has 0 spiro atoms. The topological polar surface area (TPSA) is 123 Å². The second-order valence-corrected chi connectivity index (χ2v) is 10.8. The molecule has 2 aliphatic rings. The van der Waals surface area contributed by atoms with Crippen LogP contribution >= 0.6 is 11.8 Å². The van der Waals surface area contributed by atoms with Crippen molar-refractivity contribution in [1.29, 1.82) is 0 Å². The Morgan fingerprint density at radius 2 is 1.67 bits per heavy atom. The second-order valence-electron chi connectivity index (χ2n) is 9.78. The van der Waals surface area contributed by atoms with E-state index < -0.39 is 16.1 Å². The van der Waals surface area contributed by atoms with Crippen LogP contribution in [0, 0.1) is 10.1 Å². The van der Waals surface area contributed by atoms with Gasteiger partial charge in [-0.15, -0.1) is 0 Å². The number of rotatable bonds is 10. The van der Waals surface area contributed by atoms with E-state index in [1.54, 1.807) is 47.4 Å². The predicted octanol–water partition coefficient (Wildman–Crippen LogP) is 4.96. The monoisotopic (exact) mass is 602 g/mol. The number of amides is 3. The standard InChI is InChI=1S/C31H30N4O7S/c1-2-41-27-18-22(12-13-26(27)42-21-23-8-6-7-11-25(23)35(39)40)19-28-30(37)34(31(38)43-28)20-29(36)33-16-14-32(15-17-33)24-9-4-3-5-10-24/h3-13,18-19H,2,14-17,20-21H2,1H3/b28-19+. The number of piperazine rings is 1. The maximum Gasteiger partial charge on any atom is 0.294 e. The number of carbonyl (C=O) groups excluding carboxylic acids is 3. The Kier molecular flexibility index (Phi) is 9.26. The lowest BCUT2D eigenvalue weighted by Crippen LogP contribution is -2.51. The van der Waals surface area contributed by atoms with Crippen LogP contribution in [-0.4, -0.2) is 71.1 Å². The molecule has 0 N–H and O–H groups in total. The summed E-state index contributed by atoms with van der Waals surface area (Å²) in [5.41, 5.74) is 2.06. The zero-order valence-electron chi connectivity index (χ0n) is 23.5. The summed E-state index contributed by atoms with van der Waals surface area (Å²) in [7, 11) is 0. The Morgan fingerprint density at radius 1 is 0.953 bits per heavy atom. The SMILES string of the molecule is CCOc1cc(/C=C2/SC(=O)N(CC(=O)N3CCN(c4ccccc4)CC3)C2=O)ccc1OCc1ccccc1[N+](=O)[O-]. The van der Waals surface area contributed by atoms with Crippen molar-refractivity contribution in [3.63, 3.8) is 0 Å². The largest absolute Gasteiger partial charge is 0.490 e. The zero-order valence-corrected chi connectivity index (χ0v) is 24.3. The van der Waals surface area contributed by atoms with Gasteiger partial charge in [0.25, 0.3) is 16.8 Å². The fourth-order valence-corrected chi connectivity index (χ4v) is 5.68. The fourth-order valence-electron chi connectivity index (χ4n) is 4.84. The average Bonchev–Trinajstić information content (AvgIpc) is 3.28. The maximum absolute atomic E-state index is 13.1. The Balaban J connectivity index is 1.22. The summed E-state index contributed by atoms with van der Waals surface area (Å²) in [4.78, 5) is 54.8. The molecule has 2 aliphatic heterocycles. The van der Waals surface area contributed by atoms with Gasteiger partial charge >= 0.3 is 0 Å². The van der Waals surface area contributed by atoms with E-state index in [9.17, 15) is 24.5 Å². The molecule has 11 nitrogen and oxygen atoms in total. The van der Waals surface area contributed by atoms with Crippen LogP contribution in [0.5, 0.6) is 11.5 Å². The minimum Gasteiger partial charge on any atom is -0.490 e. The lowest BCUT2D eigenvalue weighted by Gasteiger charge is -2.36. The summed E-state index contributed by atoms with van der Waals surface area (Å²) in [6, 6.07) is 21.3. The van der Waals surface area contributed by atoms with Crippen LogP contribution in [0.2, 0.25) is 0 Å². The van der Waals surface area contributed by atoms with Gasteiger partial charge in [-0.1, -0.05) is 36.4 Å². The van der Waals surface area contributed by atoms with E-state index in [1.165, 1.54) is 6.07 Å². The first-order chi connectivity index (χ1) is 20.8. The van der Waals surface area contributed by atoms with Crippen LogP contribution in [0.3, 0.4) is 0 Å². The summed E-state index contributed by atoms with van der Waals surface area (Å²) in [6.07, 6.45) is 1.57. The van der Waals surface area contributed by atoms with Crippen molar-refractivity contribution in [2.75, 3.05) is 44.2 Å². The highest BCUT2D eigenvalue weighted by Crippen LogP contribution is 2.35. The van der Waals surface area contributed by atoms with Crippen LogP contribution in [-0.2, 0) is 16.2 Å². The van der Waals surface area contributed by atoms with Gasteiger partial charge in [0.1, 0.15) is 13.2 Å². The van der Waals surface area contributed by atoms with Gasteiger partial charge in [0.15, 0.2) is 11.5 Å². The molecule has 0 unspecified atom stereocenters. The minimum atomic E-state index is -0.527. The van der Waals surface area contributed by atoms with Gasteiger partial charge in [0.2, 0.25) is 5.91 Å². The Morgan fingerprint density at radius 3 is 2.40 bits per heavy atom. The third kappa shape index (κ3) is 6.97. The highest BCUT2D eigenvalue weighted by Gasteiger charge is 2.37. The summed E-state index contributed by atoms with van der Waals surface area (Å²) in [5.74, 6) is -0.0295. The van der Waals surface area contributed by atoms with Crippen LogP contribution in [0.1, 0.15) is 18.1 Å². The maximum atomic E-state index is 13.1. The predicted molar refractivity (Wildman–Crippen MR) is 163 cm³/mol. The molecule has 3 aromatic rings. The van der Waals surface area contributed by atoms with E-state index >= 15 is 0 Å². The number of anilines is 1. The molecule has 0 aromatic heterocycles. The molecule has 0 atom stereocenters. The van der Waals surface area contributed by atoms with E-state index in [0.717, 1.165) is 22.3 Å². The highest BCUT2D eigenvalue weighted by atomic mass is 32.2. The second kappa shape index (κ2) is 13.4. The van der Waals surface area contributed by atoms with Crippen molar-refractivity contribution in [1.82, 2.24) is 9.80 Å². The molecular formula is C31H30N4O7S. The molecule has 222 valence electrons. The number of benzene rings is 3. The molecule has 3 aromatic carbocycles. The fraction of sp³-hybridized carbons (Fsp3) is 0.258. The van der Waals surface area contributed by atoms with Crippen LogP contribution in [0.15, 0.2) is 77.7 Å². The molecular weight excluding hydrogens is 572 g/mol. The normalized spacial score (nSPS) is 16.1. The Bertz CT molecular complexity index is 1550. The van der Waals surface area contributed by atoms with E-state index in [2.05, 4.69) is 4.90 Å². The lowest BCUT2D eigenvalue weighted by atomic mass is 10.1. The van der Waals surface area contributed by atoms with Crippen molar-refractivity contribution in [2.45, 2.75) is 13.5 Å². The van der Waals surface area contributed by atoms with E-state index in [0.29, 0.717) is 55.4 Å². The number of hydrogen-bond acceptors (Lipinski definition) is 9. The van der Waals surface area contributed by atoms with Crippen LogP contribution < -0.4 is 14.4 Å². The molecule has 43 heavy (non-hydrogen) atoms. The zero-order chi connectivity index (χ0) is 30.3. The van der Waals surface area contributed by atoms with Crippen LogP contribution in [0.25, 0.3) is 6.08 Å². The molecule has 0 radical (unpaired) electrons. The lowest BCUT2D eigenvalue weighted by molar-refractivity contribution is -0.385. The number of nitro groups is 1. The first-order valence-electron chi connectivity index (χ1n) is 13.8. The van der Waals surface area contributed by atoms with Gasteiger partial charge in [-0.3, -0.25) is 29.4 Å². The number of thioether (sulfide) groups is 1. The summed E-state index contributed by atoms with van der Waals surface area (Å²) in [6.45, 7) is 4.15. The van der Waals surface area contributed by atoms with Gasteiger partial charge in [-0.2, -0.15) is 0 Å². The number of ether oxygens (including phenoxy) is 2. The average molecular weight is 603 g/mol.